The van der Waals surface area contributed by atoms with Crippen LogP contribution in [0.25, 0.3) is 21.8 Å². The maximum absolute atomic E-state index is 11.0. The van der Waals surface area contributed by atoms with Gasteiger partial charge in [0.2, 0.25) is 0 Å². The van der Waals surface area contributed by atoms with Gasteiger partial charge >= 0.3 is 0 Å². The number of rotatable bonds is 1. The molecule has 0 radical (unpaired) electrons. The lowest BCUT2D eigenvalue weighted by Gasteiger charge is -2.05. The Bertz CT molecular complexity index is 786. The minimum atomic E-state index is -0.440. The average Bonchev–Trinajstić information content (AvgIpc) is 2.38. The predicted octanol–water partition coefficient (Wildman–Crippen LogP) is 3.95. The standard InChI is InChI=1S/C13H7ClN2O2/c14-13-8-4-1-2-5-9(8)15-10-6-3-7-11(12(10)13)16(17)18/h1-7H. The molecule has 0 spiro atoms. The fraction of sp³-hybridized carbons (Fsp3) is 0. The van der Waals surface area contributed by atoms with Gasteiger partial charge in [-0.25, -0.2) is 4.98 Å². The molecule has 1 aromatic heterocycles. The first-order chi connectivity index (χ1) is 8.68. The first-order valence-electron chi connectivity index (χ1n) is 5.30. The molecule has 0 N–H and O–H groups in total. The van der Waals surface area contributed by atoms with Crippen molar-refractivity contribution >= 4 is 39.1 Å². The molecule has 4 nitrogen and oxygen atoms in total. The van der Waals surface area contributed by atoms with E-state index in [0.29, 0.717) is 15.9 Å². The van der Waals surface area contributed by atoms with Crippen LogP contribution in [0.1, 0.15) is 0 Å². The van der Waals surface area contributed by atoms with Gasteiger partial charge in [-0.3, -0.25) is 10.1 Å². The minimum absolute atomic E-state index is 0.0178. The number of fused-ring (bicyclic) bond motifs is 2. The van der Waals surface area contributed by atoms with Crippen LogP contribution in [0.5, 0.6) is 0 Å². The Balaban J connectivity index is 2.57. The molecule has 0 bridgehead atoms. The third kappa shape index (κ3) is 1.50. The highest BCUT2D eigenvalue weighted by Gasteiger charge is 2.17. The van der Waals surface area contributed by atoms with E-state index in [1.165, 1.54) is 6.07 Å². The van der Waals surface area contributed by atoms with Crippen LogP contribution in [0.4, 0.5) is 5.69 Å². The van der Waals surface area contributed by atoms with Crippen LogP contribution in [-0.2, 0) is 0 Å². The van der Waals surface area contributed by atoms with Gasteiger partial charge in [0.15, 0.2) is 0 Å². The second kappa shape index (κ2) is 3.92. The zero-order chi connectivity index (χ0) is 12.7. The summed E-state index contributed by atoms with van der Waals surface area (Å²) in [5, 5.41) is 12.5. The van der Waals surface area contributed by atoms with E-state index >= 15 is 0 Å². The van der Waals surface area contributed by atoms with Gasteiger partial charge in [-0.15, -0.1) is 0 Å². The molecule has 5 heteroatoms. The highest BCUT2D eigenvalue weighted by atomic mass is 35.5. The number of nitro groups is 1. The van der Waals surface area contributed by atoms with Gasteiger partial charge < -0.3 is 0 Å². The zero-order valence-electron chi connectivity index (χ0n) is 9.13. The average molecular weight is 259 g/mol. The van der Waals surface area contributed by atoms with E-state index in [4.69, 9.17) is 11.6 Å². The van der Waals surface area contributed by atoms with Crippen molar-refractivity contribution in [3.8, 4) is 0 Å². The largest absolute Gasteiger partial charge is 0.280 e. The molecule has 88 valence electrons. The number of benzene rings is 2. The Labute approximate surface area is 107 Å². The van der Waals surface area contributed by atoms with Gasteiger partial charge in [0, 0.05) is 11.5 Å². The van der Waals surface area contributed by atoms with Gasteiger partial charge in [0.25, 0.3) is 5.69 Å². The molecule has 2 aromatic carbocycles. The SMILES string of the molecule is O=[N+]([O-])c1cccc2nc3ccccc3c(Cl)c12. The summed E-state index contributed by atoms with van der Waals surface area (Å²) in [6.07, 6.45) is 0. The van der Waals surface area contributed by atoms with Crippen LogP contribution in [0.2, 0.25) is 5.02 Å². The second-order valence-electron chi connectivity index (χ2n) is 3.87. The van der Waals surface area contributed by atoms with Crippen molar-refractivity contribution < 1.29 is 4.92 Å². The molecule has 0 fully saturated rings. The number of hydrogen-bond donors (Lipinski definition) is 0. The minimum Gasteiger partial charge on any atom is -0.258 e. The number of nitro benzene ring substituents is 1. The van der Waals surface area contributed by atoms with Gasteiger partial charge in [0.1, 0.15) is 0 Å². The molecule has 0 aliphatic carbocycles. The Morgan fingerprint density at radius 3 is 2.56 bits per heavy atom. The zero-order valence-corrected chi connectivity index (χ0v) is 9.89. The summed E-state index contributed by atoms with van der Waals surface area (Å²) in [7, 11) is 0. The second-order valence-corrected chi connectivity index (χ2v) is 4.25. The molecule has 0 aliphatic heterocycles. The summed E-state index contributed by atoms with van der Waals surface area (Å²) in [6.45, 7) is 0. The summed E-state index contributed by atoms with van der Waals surface area (Å²) in [5.74, 6) is 0. The van der Waals surface area contributed by atoms with Crippen molar-refractivity contribution in [2.45, 2.75) is 0 Å². The van der Waals surface area contributed by atoms with Crippen LogP contribution >= 0.6 is 11.6 Å². The predicted molar refractivity (Wildman–Crippen MR) is 70.9 cm³/mol. The van der Waals surface area contributed by atoms with E-state index in [0.717, 1.165) is 10.9 Å². The van der Waals surface area contributed by atoms with Gasteiger partial charge in [-0.05, 0) is 12.1 Å². The highest BCUT2D eigenvalue weighted by molar-refractivity contribution is 6.41. The smallest absolute Gasteiger partial charge is 0.258 e. The lowest BCUT2D eigenvalue weighted by atomic mass is 10.1. The van der Waals surface area contributed by atoms with Crippen molar-refractivity contribution in [3.63, 3.8) is 0 Å². The Hall–Kier alpha value is -2.20. The number of halogens is 1. The first-order valence-corrected chi connectivity index (χ1v) is 5.67. The number of aromatic nitrogens is 1. The molecule has 0 aliphatic rings. The van der Waals surface area contributed by atoms with Crippen molar-refractivity contribution in [1.29, 1.82) is 0 Å². The number of hydrogen-bond acceptors (Lipinski definition) is 3. The number of non-ortho nitro benzene ring substituents is 1. The summed E-state index contributed by atoms with van der Waals surface area (Å²) >= 11 is 6.28. The molecule has 18 heavy (non-hydrogen) atoms. The summed E-state index contributed by atoms with van der Waals surface area (Å²) in [4.78, 5) is 15.0. The number of para-hydroxylation sites is 1. The molecule has 3 rings (SSSR count). The van der Waals surface area contributed by atoms with Crippen LogP contribution in [0.15, 0.2) is 42.5 Å². The fourth-order valence-corrected chi connectivity index (χ4v) is 2.37. The lowest BCUT2D eigenvalue weighted by Crippen LogP contribution is -1.92. The lowest BCUT2D eigenvalue weighted by molar-refractivity contribution is -0.383. The molecule has 0 saturated carbocycles. The van der Waals surface area contributed by atoms with E-state index in [1.54, 1.807) is 18.2 Å². The maximum atomic E-state index is 11.0. The summed E-state index contributed by atoms with van der Waals surface area (Å²) in [6, 6.07) is 12.1. The van der Waals surface area contributed by atoms with E-state index in [1.807, 2.05) is 18.2 Å². The third-order valence-corrected chi connectivity index (χ3v) is 3.21. The molecular weight excluding hydrogens is 252 g/mol. The Kier molecular flexibility index (Phi) is 2.38. The Morgan fingerprint density at radius 2 is 1.78 bits per heavy atom. The fourth-order valence-electron chi connectivity index (χ4n) is 2.02. The van der Waals surface area contributed by atoms with E-state index in [9.17, 15) is 10.1 Å². The molecule has 0 amide bonds. The van der Waals surface area contributed by atoms with Gasteiger partial charge in [-0.2, -0.15) is 0 Å². The number of pyridine rings is 1. The molecular formula is C13H7ClN2O2. The van der Waals surface area contributed by atoms with Gasteiger partial charge in [-0.1, -0.05) is 35.9 Å². The van der Waals surface area contributed by atoms with Crippen LogP contribution in [-0.4, -0.2) is 9.91 Å². The molecule has 0 unspecified atom stereocenters. The van der Waals surface area contributed by atoms with Crippen LogP contribution in [0, 0.1) is 10.1 Å². The summed E-state index contributed by atoms with van der Waals surface area (Å²) < 4.78 is 0. The van der Waals surface area contributed by atoms with Crippen molar-refractivity contribution in [1.82, 2.24) is 4.98 Å². The third-order valence-electron chi connectivity index (χ3n) is 2.82. The van der Waals surface area contributed by atoms with Crippen molar-refractivity contribution in [3.05, 3.63) is 57.6 Å². The number of nitrogens with zero attached hydrogens (tertiary/aromatic N) is 2. The topological polar surface area (TPSA) is 56.0 Å². The van der Waals surface area contributed by atoms with E-state index in [2.05, 4.69) is 4.98 Å². The van der Waals surface area contributed by atoms with Gasteiger partial charge in [0.05, 0.1) is 26.4 Å². The Morgan fingerprint density at radius 1 is 1.06 bits per heavy atom. The van der Waals surface area contributed by atoms with Crippen molar-refractivity contribution in [2.75, 3.05) is 0 Å². The molecule has 0 atom stereocenters. The molecule has 0 saturated heterocycles. The summed E-state index contributed by atoms with van der Waals surface area (Å²) in [5.41, 5.74) is 1.25. The molecule has 1 heterocycles. The van der Waals surface area contributed by atoms with Crippen LogP contribution in [0.3, 0.4) is 0 Å². The monoisotopic (exact) mass is 258 g/mol. The maximum Gasteiger partial charge on any atom is 0.280 e. The normalized spacial score (nSPS) is 10.9. The van der Waals surface area contributed by atoms with Crippen LogP contribution < -0.4 is 0 Å². The van der Waals surface area contributed by atoms with Crippen molar-refractivity contribution in [2.24, 2.45) is 0 Å². The first kappa shape index (κ1) is 10.9. The highest BCUT2D eigenvalue weighted by Crippen LogP contribution is 2.35. The van der Waals surface area contributed by atoms with E-state index in [-0.39, 0.29) is 5.69 Å². The molecule has 3 aromatic rings. The quantitative estimate of drug-likeness (QED) is 0.377. The van der Waals surface area contributed by atoms with E-state index < -0.39 is 4.92 Å².